The Morgan fingerprint density at radius 2 is 2.05 bits per heavy atom. The highest BCUT2D eigenvalue weighted by Crippen LogP contribution is 2.35. The molecule has 2 aromatic rings. The molecule has 0 unspecified atom stereocenters. The van der Waals surface area contributed by atoms with Crippen LogP contribution in [0.5, 0.6) is 0 Å². The summed E-state index contributed by atoms with van der Waals surface area (Å²) < 4.78 is 2.00. The van der Waals surface area contributed by atoms with Crippen LogP contribution in [0.1, 0.15) is 37.3 Å². The normalized spacial score (nSPS) is 16.1. The van der Waals surface area contributed by atoms with Crippen LogP contribution in [0.15, 0.2) is 21.4 Å². The molecule has 1 aliphatic rings. The molecule has 0 bridgehead atoms. The number of H-pyrrole nitrogens is 1. The van der Waals surface area contributed by atoms with Crippen LogP contribution >= 0.6 is 27.5 Å². The van der Waals surface area contributed by atoms with Gasteiger partial charge in [-0.3, -0.25) is 9.89 Å². The Morgan fingerprint density at radius 3 is 2.68 bits per heavy atom. The Labute approximate surface area is 123 Å². The van der Waals surface area contributed by atoms with Crippen molar-refractivity contribution >= 4 is 27.5 Å². The van der Waals surface area contributed by atoms with Crippen molar-refractivity contribution in [2.75, 3.05) is 0 Å². The Morgan fingerprint density at radius 1 is 1.32 bits per heavy atom. The maximum Gasteiger partial charge on any atom is 0.287 e. The van der Waals surface area contributed by atoms with Gasteiger partial charge in [-0.1, -0.05) is 24.4 Å². The van der Waals surface area contributed by atoms with Gasteiger partial charge in [0.1, 0.15) is 4.47 Å². The molecule has 7 heteroatoms. The van der Waals surface area contributed by atoms with Crippen molar-refractivity contribution < 1.29 is 0 Å². The van der Waals surface area contributed by atoms with E-state index >= 15 is 0 Å². The number of hydrogen-bond donors (Lipinski definition) is 1. The smallest absolute Gasteiger partial charge is 0.287 e. The molecule has 0 aromatic carbocycles. The monoisotopic (exact) mass is 342 g/mol. The topological polar surface area (TPSA) is 63.6 Å². The molecule has 0 amide bonds. The van der Waals surface area contributed by atoms with Crippen LogP contribution < -0.4 is 5.56 Å². The second-order valence-corrected chi connectivity index (χ2v) is 5.86. The molecule has 2 aromatic heterocycles. The average Bonchev–Trinajstić information content (AvgIpc) is 3.02. The number of aromatic nitrogens is 4. The van der Waals surface area contributed by atoms with Crippen LogP contribution in [0.2, 0.25) is 5.15 Å². The zero-order chi connectivity index (χ0) is 13.4. The lowest BCUT2D eigenvalue weighted by Crippen LogP contribution is -2.16. The third-order valence-electron chi connectivity index (χ3n) is 3.47. The van der Waals surface area contributed by atoms with Crippen LogP contribution in [0, 0.1) is 0 Å². The first-order valence-corrected chi connectivity index (χ1v) is 7.34. The molecule has 0 radical (unpaired) electrons. The van der Waals surface area contributed by atoms with Gasteiger partial charge in [0.2, 0.25) is 0 Å². The quantitative estimate of drug-likeness (QED) is 0.911. The fourth-order valence-corrected chi connectivity index (χ4v) is 3.20. The highest BCUT2D eigenvalue weighted by Gasteiger charge is 2.24. The zero-order valence-corrected chi connectivity index (χ0v) is 12.4. The molecule has 0 atom stereocenters. The van der Waals surface area contributed by atoms with Gasteiger partial charge in [-0.05, 0) is 40.9 Å². The summed E-state index contributed by atoms with van der Waals surface area (Å²) in [7, 11) is 0. The van der Waals surface area contributed by atoms with E-state index in [1.54, 1.807) is 12.1 Å². The van der Waals surface area contributed by atoms with Crippen molar-refractivity contribution in [2.45, 2.75) is 31.6 Å². The molecule has 1 N–H and O–H groups in total. The van der Waals surface area contributed by atoms with Gasteiger partial charge < -0.3 is 0 Å². The minimum Gasteiger partial charge on any atom is -0.292 e. The lowest BCUT2D eigenvalue weighted by atomic mass is 10.1. The molecule has 100 valence electrons. The number of nitrogens with one attached hydrogen (secondary N) is 1. The number of hydrogen-bond acceptors (Lipinski definition) is 3. The van der Waals surface area contributed by atoms with Crippen LogP contribution in [0.4, 0.5) is 0 Å². The summed E-state index contributed by atoms with van der Waals surface area (Å²) in [6, 6.07) is 3.28. The van der Waals surface area contributed by atoms with Gasteiger partial charge >= 0.3 is 0 Å². The summed E-state index contributed by atoms with van der Waals surface area (Å²) in [5.41, 5.74) is 0.817. The Bertz CT molecular complexity index is 643. The molecule has 3 rings (SSSR count). The number of nitrogens with zero attached hydrogens (tertiary/aromatic N) is 3. The van der Waals surface area contributed by atoms with E-state index in [-0.39, 0.29) is 5.56 Å². The van der Waals surface area contributed by atoms with Gasteiger partial charge in [0.05, 0.1) is 5.69 Å². The van der Waals surface area contributed by atoms with Crippen molar-refractivity contribution in [3.8, 4) is 5.82 Å². The van der Waals surface area contributed by atoms with E-state index in [4.69, 9.17) is 11.6 Å². The predicted octanol–water partition coefficient (Wildman–Crippen LogP) is 3.03. The maximum atomic E-state index is 12.2. The van der Waals surface area contributed by atoms with Gasteiger partial charge in [-0.15, -0.1) is 10.2 Å². The predicted molar refractivity (Wildman–Crippen MR) is 75.9 cm³/mol. The van der Waals surface area contributed by atoms with Crippen LogP contribution in [-0.4, -0.2) is 20.0 Å². The van der Waals surface area contributed by atoms with Gasteiger partial charge in [0.15, 0.2) is 11.0 Å². The second kappa shape index (κ2) is 5.09. The van der Waals surface area contributed by atoms with Crippen molar-refractivity contribution in [3.63, 3.8) is 0 Å². The molecule has 1 aliphatic carbocycles. The van der Waals surface area contributed by atoms with Gasteiger partial charge in [-0.25, -0.2) is 0 Å². The first-order valence-electron chi connectivity index (χ1n) is 6.17. The molecule has 2 heterocycles. The molecule has 0 aliphatic heterocycles. The Balaban J connectivity index is 2.05. The Kier molecular flexibility index (Phi) is 3.45. The lowest BCUT2D eigenvalue weighted by molar-refractivity contribution is 0.669. The first-order chi connectivity index (χ1) is 9.16. The number of aromatic amines is 1. The van der Waals surface area contributed by atoms with Crippen molar-refractivity contribution in [1.29, 1.82) is 0 Å². The fraction of sp³-hybridized carbons (Fsp3) is 0.417. The second-order valence-electron chi connectivity index (χ2n) is 4.68. The van der Waals surface area contributed by atoms with Crippen molar-refractivity contribution in [3.05, 3.63) is 37.8 Å². The molecule has 0 saturated heterocycles. The minimum atomic E-state index is -0.140. The molecule has 1 fully saturated rings. The van der Waals surface area contributed by atoms with Crippen molar-refractivity contribution in [1.82, 2.24) is 20.0 Å². The maximum absolute atomic E-state index is 12.2. The number of rotatable bonds is 2. The molecule has 1 saturated carbocycles. The third kappa shape index (κ3) is 2.34. The summed E-state index contributed by atoms with van der Waals surface area (Å²) in [5.74, 6) is 0.864. The summed E-state index contributed by atoms with van der Waals surface area (Å²) in [5, 5.41) is 11.1. The Hall–Kier alpha value is -1.14. The SMILES string of the molecule is O=c1c(Br)c(C2CCCC2)[nH]n1-c1ccc(Cl)nn1. The van der Waals surface area contributed by atoms with Crippen LogP contribution in [-0.2, 0) is 0 Å². The molecule has 0 spiro atoms. The summed E-state index contributed by atoms with van der Waals surface area (Å²) in [6.07, 6.45) is 4.66. The van der Waals surface area contributed by atoms with Crippen molar-refractivity contribution in [2.24, 2.45) is 0 Å². The van der Waals surface area contributed by atoms with Gasteiger partial charge in [-0.2, -0.15) is 4.68 Å². The zero-order valence-electron chi connectivity index (χ0n) is 10.1. The molecular formula is C12H12BrClN4O. The lowest BCUT2D eigenvalue weighted by Gasteiger charge is -2.06. The molecular weight excluding hydrogens is 332 g/mol. The minimum absolute atomic E-state index is 0.140. The summed E-state index contributed by atoms with van der Waals surface area (Å²) >= 11 is 9.08. The highest BCUT2D eigenvalue weighted by molar-refractivity contribution is 9.10. The standard InChI is InChI=1S/C12H12BrClN4O/c13-10-11(7-3-1-2-4-7)17-18(12(10)19)9-6-5-8(14)15-16-9/h5-7,17H,1-4H2. The van der Waals surface area contributed by atoms with E-state index in [0.717, 1.165) is 18.5 Å². The molecule has 19 heavy (non-hydrogen) atoms. The highest BCUT2D eigenvalue weighted by atomic mass is 79.9. The molecule has 5 nitrogen and oxygen atoms in total. The van der Waals surface area contributed by atoms with Gasteiger partial charge in [0.25, 0.3) is 5.56 Å². The van der Waals surface area contributed by atoms with Gasteiger partial charge in [0, 0.05) is 5.92 Å². The third-order valence-corrected chi connectivity index (χ3v) is 4.44. The van der Waals surface area contributed by atoms with E-state index in [1.165, 1.54) is 17.5 Å². The van der Waals surface area contributed by atoms with E-state index in [2.05, 4.69) is 31.2 Å². The summed E-state index contributed by atoms with van der Waals surface area (Å²) in [6.45, 7) is 0. The number of halogens is 2. The van der Waals surface area contributed by atoms with E-state index in [9.17, 15) is 4.79 Å². The fourth-order valence-electron chi connectivity index (χ4n) is 2.51. The van der Waals surface area contributed by atoms with E-state index in [1.807, 2.05) is 0 Å². The summed E-state index contributed by atoms with van der Waals surface area (Å²) in [4.78, 5) is 12.2. The van der Waals surface area contributed by atoms with Crippen LogP contribution in [0.25, 0.3) is 5.82 Å². The van der Waals surface area contributed by atoms with E-state index < -0.39 is 0 Å². The van der Waals surface area contributed by atoms with E-state index in [0.29, 0.717) is 21.4 Å². The largest absolute Gasteiger partial charge is 0.292 e. The first kappa shape index (κ1) is 12.9. The van der Waals surface area contributed by atoms with Crippen LogP contribution in [0.3, 0.4) is 0 Å². The average molecular weight is 344 g/mol.